The number of benzene rings is 2. The summed E-state index contributed by atoms with van der Waals surface area (Å²) >= 11 is 0. The van der Waals surface area contributed by atoms with Crippen molar-refractivity contribution >= 4 is 29.5 Å². The molecular formula is C31H31NO8. The van der Waals surface area contributed by atoms with Gasteiger partial charge in [0.1, 0.15) is 17.3 Å². The number of carbonyl (C=O) groups excluding carboxylic acids is 4. The standard InChI is InChI=1S/C31H31NO8/c1-5-26(17-10-22(4)39-30(35)23-11-15-25(16-12-23)32-28(33)6-2)40-31(36)24-13-18-27(19-14-24)37-20-8-9-21-38-29(34)7-3/h5-7,10-19H,1-3,8-9,20-21H2,4H3,(H,32,33)/b22-10+,26-17+. The Balaban J connectivity index is 1.85. The van der Waals surface area contributed by atoms with E-state index < -0.39 is 17.9 Å². The number of unbranched alkanes of at least 4 members (excludes halogenated alkanes) is 1. The van der Waals surface area contributed by atoms with E-state index in [-0.39, 0.29) is 23.0 Å². The molecule has 1 amide bonds. The molecule has 208 valence electrons. The number of nitrogens with one attached hydrogen (secondary N) is 1. The summed E-state index contributed by atoms with van der Waals surface area (Å²) in [6, 6.07) is 12.6. The summed E-state index contributed by atoms with van der Waals surface area (Å²) in [5.41, 5.74) is 1.10. The van der Waals surface area contributed by atoms with Crippen LogP contribution in [0.15, 0.2) is 110 Å². The van der Waals surface area contributed by atoms with Crippen molar-refractivity contribution in [3.8, 4) is 5.75 Å². The summed E-state index contributed by atoms with van der Waals surface area (Å²) in [6.45, 7) is 12.6. The third-order valence-electron chi connectivity index (χ3n) is 5.03. The average molecular weight is 546 g/mol. The molecule has 2 aromatic rings. The molecule has 0 saturated heterocycles. The number of hydrogen-bond donors (Lipinski definition) is 1. The third-order valence-corrected chi connectivity index (χ3v) is 5.03. The van der Waals surface area contributed by atoms with Crippen LogP contribution in [0.4, 0.5) is 5.69 Å². The van der Waals surface area contributed by atoms with Crippen molar-refractivity contribution in [2.45, 2.75) is 19.8 Å². The van der Waals surface area contributed by atoms with Gasteiger partial charge in [0.25, 0.3) is 0 Å². The van der Waals surface area contributed by atoms with E-state index in [1.54, 1.807) is 43.3 Å². The molecule has 1 N–H and O–H groups in total. The lowest BCUT2D eigenvalue weighted by Crippen LogP contribution is -2.08. The van der Waals surface area contributed by atoms with Gasteiger partial charge in [-0.2, -0.15) is 0 Å². The Hall–Kier alpha value is -5.18. The fourth-order valence-corrected chi connectivity index (χ4v) is 2.94. The molecule has 0 spiro atoms. The second kappa shape index (κ2) is 16.6. The molecule has 0 aromatic heterocycles. The molecule has 0 aliphatic heterocycles. The maximum Gasteiger partial charge on any atom is 0.343 e. The largest absolute Gasteiger partial charge is 0.494 e. The smallest absolute Gasteiger partial charge is 0.343 e. The van der Waals surface area contributed by atoms with Crippen LogP contribution in [0.1, 0.15) is 40.5 Å². The van der Waals surface area contributed by atoms with Crippen molar-refractivity contribution in [3.05, 3.63) is 121 Å². The highest BCUT2D eigenvalue weighted by molar-refractivity contribution is 5.99. The summed E-state index contributed by atoms with van der Waals surface area (Å²) in [6.07, 6.45) is 7.86. The van der Waals surface area contributed by atoms with E-state index >= 15 is 0 Å². The number of allylic oxidation sites excluding steroid dienone is 4. The number of rotatable bonds is 15. The minimum absolute atomic E-state index is 0.153. The van der Waals surface area contributed by atoms with Gasteiger partial charge in [0.05, 0.1) is 24.3 Å². The van der Waals surface area contributed by atoms with E-state index in [1.807, 2.05) is 0 Å². The van der Waals surface area contributed by atoms with Crippen LogP contribution < -0.4 is 10.1 Å². The Labute approximate surface area is 233 Å². The monoisotopic (exact) mass is 545 g/mol. The molecule has 2 aromatic carbocycles. The molecule has 0 fully saturated rings. The van der Waals surface area contributed by atoms with Crippen LogP contribution >= 0.6 is 0 Å². The fraction of sp³-hybridized carbons (Fsp3) is 0.161. The van der Waals surface area contributed by atoms with Crippen molar-refractivity contribution in [2.75, 3.05) is 18.5 Å². The molecule has 0 saturated carbocycles. The lowest BCUT2D eigenvalue weighted by molar-refractivity contribution is -0.137. The minimum Gasteiger partial charge on any atom is -0.494 e. The summed E-state index contributed by atoms with van der Waals surface area (Å²) in [5, 5.41) is 2.59. The molecule has 40 heavy (non-hydrogen) atoms. The van der Waals surface area contributed by atoms with Crippen molar-refractivity contribution in [2.24, 2.45) is 0 Å². The molecule has 0 aliphatic carbocycles. The number of carbonyl (C=O) groups is 4. The number of ether oxygens (including phenoxy) is 4. The van der Waals surface area contributed by atoms with Crippen LogP contribution in [-0.2, 0) is 23.8 Å². The zero-order valence-corrected chi connectivity index (χ0v) is 22.2. The maximum absolute atomic E-state index is 12.5. The van der Waals surface area contributed by atoms with Crippen LogP contribution in [0.5, 0.6) is 5.75 Å². The highest BCUT2D eigenvalue weighted by Crippen LogP contribution is 2.16. The van der Waals surface area contributed by atoms with Crippen LogP contribution in [0.2, 0.25) is 0 Å². The van der Waals surface area contributed by atoms with E-state index in [0.717, 1.165) is 12.2 Å². The topological polar surface area (TPSA) is 117 Å². The van der Waals surface area contributed by atoms with Crippen molar-refractivity contribution < 1.29 is 38.1 Å². The first-order valence-electron chi connectivity index (χ1n) is 12.3. The van der Waals surface area contributed by atoms with Crippen LogP contribution in [0, 0.1) is 0 Å². The van der Waals surface area contributed by atoms with Gasteiger partial charge in [-0.15, -0.1) is 0 Å². The van der Waals surface area contributed by atoms with Crippen LogP contribution in [0.3, 0.4) is 0 Å². The highest BCUT2D eigenvalue weighted by atomic mass is 16.5. The third kappa shape index (κ3) is 11.1. The normalized spacial score (nSPS) is 11.0. The van der Waals surface area contributed by atoms with Gasteiger partial charge in [0.2, 0.25) is 5.91 Å². The zero-order chi connectivity index (χ0) is 29.3. The minimum atomic E-state index is -0.603. The Kier molecular flexibility index (Phi) is 12.9. The average Bonchev–Trinajstić information content (AvgIpc) is 2.97. The van der Waals surface area contributed by atoms with Crippen LogP contribution in [0.25, 0.3) is 0 Å². The maximum atomic E-state index is 12.5. The Bertz CT molecular complexity index is 1290. The van der Waals surface area contributed by atoms with Gasteiger partial charge in [-0.1, -0.05) is 19.7 Å². The molecule has 0 heterocycles. The molecule has 2 rings (SSSR count). The summed E-state index contributed by atoms with van der Waals surface area (Å²) in [5.74, 6) is -1.03. The van der Waals surface area contributed by atoms with E-state index in [4.69, 9.17) is 18.9 Å². The first-order valence-corrected chi connectivity index (χ1v) is 12.3. The first-order chi connectivity index (χ1) is 19.2. The number of hydrogen-bond acceptors (Lipinski definition) is 8. The highest BCUT2D eigenvalue weighted by Gasteiger charge is 2.11. The van der Waals surface area contributed by atoms with E-state index in [2.05, 4.69) is 25.1 Å². The fourth-order valence-electron chi connectivity index (χ4n) is 2.94. The molecule has 9 heteroatoms. The van der Waals surface area contributed by atoms with E-state index in [9.17, 15) is 19.2 Å². The van der Waals surface area contributed by atoms with Crippen LogP contribution in [-0.4, -0.2) is 37.0 Å². The number of amides is 1. The molecule has 0 bridgehead atoms. The summed E-state index contributed by atoms with van der Waals surface area (Å²) in [4.78, 5) is 47.2. The van der Waals surface area contributed by atoms with Gasteiger partial charge in [0, 0.05) is 11.8 Å². The summed E-state index contributed by atoms with van der Waals surface area (Å²) < 4.78 is 21.2. The molecule has 0 unspecified atom stereocenters. The summed E-state index contributed by atoms with van der Waals surface area (Å²) in [7, 11) is 0. The second-order valence-corrected chi connectivity index (χ2v) is 8.05. The van der Waals surface area contributed by atoms with E-state index in [0.29, 0.717) is 43.1 Å². The molecule has 0 atom stereocenters. The van der Waals surface area contributed by atoms with Gasteiger partial charge in [-0.25, -0.2) is 14.4 Å². The lowest BCUT2D eigenvalue weighted by Gasteiger charge is -2.08. The van der Waals surface area contributed by atoms with E-state index in [1.165, 1.54) is 30.4 Å². The van der Waals surface area contributed by atoms with Gasteiger partial charge < -0.3 is 24.3 Å². The predicted molar refractivity (Wildman–Crippen MR) is 150 cm³/mol. The Morgan fingerprint density at radius 3 is 1.95 bits per heavy atom. The van der Waals surface area contributed by atoms with Gasteiger partial charge in [0.15, 0.2) is 0 Å². The van der Waals surface area contributed by atoms with Crippen molar-refractivity contribution in [1.29, 1.82) is 0 Å². The van der Waals surface area contributed by atoms with Gasteiger partial charge >= 0.3 is 17.9 Å². The Morgan fingerprint density at radius 1 is 0.750 bits per heavy atom. The SMILES string of the molecule is C=CC(=O)Nc1ccc(C(=O)O/C(C)=C/C=C(\C=C)OC(=O)c2ccc(OCCCCOC(=O)C=C)cc2)cc1. The van der Waals surface area contributed by atoms with Crippen molar-refractivity contribution in [1.82, 2.24) is 0 Å². The first kappa shape index (κ1) is 31.0. The Morgan fingerprint density at radius 2 is 1.35 bits per heavy atom. The molecule has 0 aliphatic rings. The molecule has 9 nitrogen and oxygen atoms in total. The number of anilines is 1. The predicted octanol–water partition coefficient (Wildman–Crippen LogP) is 5.69. The molecular weight excluding hydrogens is 514 g/mol. The molecule has 0 radical (unpaired) electrons. The lowest BCUT2D eigenvalue weighted by atomic mass is 10.2. The zero-order valence-electron chi connectivity index (χ0n) is 22.2. The van der Waals surface area contributed by atoms with Crippen molar-refractivity contribution in [3.63, 3.8) is 0 Å². The van der Waals surface area contributed by atoms with Gasteiger partial charge in [-0.3, -0.25) is 4.79 Å². The van der Waals surface area contributed by atoms with Gasteiger partial charge in [-0.05, 0) is 92.6 Å². The quantitative estimate of drug-likeness (QED) is 0.0758. The number of esters is 3. The second-order valence-electron chi connectivity index (χ2n) is 8.05.